The van der Waals surface area contributed by atoms with Crippen LogP contribution in [0, 0.1) is 0 Å². The zero-order chi connectivity index (χ0) is 11.0. The Morgan fingerprint density at radius 3 is 2.87 bits per heavy atom. The zero-order valence-corrected chi connectivity index (χ0v) is 8.77. The monoisotopic (exact) mass is 223 g/mol. The minimum absolute atomic E-state index is 0.167. The summed E-state index contributed by atoms with van der Waals surface area (Å²) in [6.07, 6.45) is 1.55. The highest BCUT2D eigenvalue weighted by atomic mass is 32.1. The number of amides is 2. The third-order valence-corrected chi connectivity index (χ3v) is 3.23. The highest BCUT2D eigenvalue weighted by Gasteiger charge is 2.15. The molecule has 2 amide bonds. The van der Waals surface area contributed by atoms with Gasteiger partial charge in [0.25, 0.3) is 11.8 Å². The van der Waals surface area contributed by atoms with E-state index in [-0.39, 0.29) is 5.91 Å². The van der Waals surface area contributed by atoms with E-state index >= 15 is 0 Å². The summed E-state index contributed by atoms with van der Waals surface area (Å²) in [6, 6.07) is 1.70. The summed E-state index contributed by atoms with van der Waals surface area (Å²) in [7, 11) is 1.56. The van der Waals surface area contributed by atoms with Gasteiger partial charge < -0.3 is 16.0 Å². The lowest BCUT2D eigenvalue weighted by Crippen LogP contribution is -2.16. The van der Waals surface area contributed by atoms with Gasteiger partial charge in [0.1, 0.15) is 0 Å². The van der Waals surface area contributed by atoms with E-state index in [1.807, 2.05) is 0 Å². The maximum atomic E-state index is 11.3. The number of carbonyl (C=O) groups excluding carboxylic acids is 2. The molecule has 0 bridgehead atoms. The van der Waals surface area contributed by atoms with Gasteiger partial charge in [0.05, 0.1) is 20.7 Å². The van der Waals surface area contributed by atoms with Crippen LogP contribution in [-0.4, -0.2) is 23.8 Å². The molecule has 2 aromatic rings. The Hall–Kier alpha value is -1.82. The quantitative estimate of drug-likeness (QED) is 0.699. The molecule has 0 aliphatic carbocycles. The molecule has 78 valence electrons. The van der Waals surface area contributed by atoms with Crippen molar-refractivity contribution >= 4 is 33.4 Å². The predicted octanol–water partition coefficient (Wildman–Crippen LogP) is 0.688. The molecule has 15 heavy (non-hydrogen) atoms. The maximum Gasteiger partial charge on any atom is 0.261 e. The van der Waals surface area contributed by atoms with E-state index in [9.17, 15) is 9.59 Å². The summed E-state index contributed by atoms with van der Waals surface area (Å²) in [5.41, 5.74) is 6.37. The molecule has 2 aromatic heterocycles. The van der Waals surface area contributed by atoms with Crippen molar-refractivity contribution in [1.29, 1.82) is 0 Å². The highest BCUT2D eigenvalue weighted by molar-refractivity contribution is 7.21. The van der Waals surface area contributed by atoms with E-state index in [4.69, 9.17) is 5.73 Å². The topological polar surface area (TPSA) is 88.0 Å². The number of hydrogen-bond acceptors (Lipinski definition) is 3. The molecule has 0 radical (unpaired) electrons. The first kappa shape index (κ1) is 9.72. The van der Waals surface area contributed by atoms with Crippen molar-refractivity contribution in [2.75, 3.05) is 7.05 Å². The van der Waals surface area contributed by atoms with E-state index in [2.05, 4.69) is 10.3 Å². The first-order valence-corrected chi connectivity index (χ1v) is 5.08. The average Bonchev–Trinajstić information content (AvgIpc) is 2.73. The smallest absolute Gasteiger partial charge is 0.261 e. The summed E-state index contributed by atoms with van der Waals surface area (Å²) >= 11 is 1.25. The molecular formula is C9H9N3O2S. The Balaban J connectivity index is 2.57. The van der Waals surface area contributed by atoms with Crippen molar-refractivity contribution in [3.05, 3.63) is 22.7 Å². The maximum absolute atomic E-state index is 11.3. The number of nitrogens with two attached hydrogens (primary N) is 1. The van der Waals surface area contributed by atoms with Crippen LogP contribution in [0.3, 0.4) is 0 Å². The lowest BCUT2D eigenvalue weighted by Gasteiger charge is -1.92. The van der Waals surface area contributed by atoms with Crippen molar-refractivity contribution in [2.24, 2.45) is 5.73 Å². The number of fused-ring (bicyclic) bond motifs is 1. The van der Waals surface area contributed by atoms with Crippen molar-refractivity contribution in [3.8, 4) is 0 Å². The molecular weight excluding hydrogens is 214 g/mol. The van der Waals surface area contributed by atoms with Crippen molar-refractivity contribution in [1.82, 2.24) is 10.3 Å². The molecule has 0 saturated heterocycles. The molecule has 0 unspecified atom stereocenters. The molecule has 0 aliphatic rings. The fourth-order valence-corrected chi connectivity index (χ4v) is 2.42. The summed E-state index contributed by atoms with van der Waals surface area (Å²) in [5.74, 6) is -0.661. The second-order valence-electron chi connectivity index (χ2n) is 3.00. The number of carbonyl (C=O) groups is 2. The SMILES string of the molecule is CNC(=O)c1cc2[nH]cc(C(N)=O)c2s1. The van der Waals surface area contributed by atoms with Gasteiger partial charge in [0.2, 0.25) is 0 Å². The van der Waals surface area contributed by atoms with Gasteiger partial charge >= 0.3 is 0 Å². The number of aromatic nitrogens is 1. The Kier molecular flexibility index (Phi) is 2.20. The molecule has 2 heterocycles. The van der Waals surface area contributed by atoms with Crippen molar-refractivity contribution in [3.63, 3.8) is 0 Å². The number of rotatable bonds is 2. The van der Waals surface area contributed by atoms with Crippen LogP contribution in [0.15, 0.2) is 12.3 Å². The highest BCUT2D eigenvalue weighted by Crippen LogP contribution is 2.27. The predicted molar refractivity (Wildman–Crippen MR) is 58.1 cm³/mol. The minimum atomic E-state index is -0.494. The van der Waals surface area contributed by atoms with Crippen LogP contribution < -0.4 is 11.1 Å². The van der Waals surface area contributed by atoms with Crippen LogP contribution in [0.5, 0.6) is 0 Å². The number of aromatic amines is 1. The van der Waals surface area contributed by atoms with Crippen molar-refractivity contribution < 1.29 is 9.59 Å². The summed E-state index contributed by atoms with van der Waals surface area (Å²) in [4.78, 5) is 25.8. The van der Waals surface area contributed by atoms with E-state index in [1.54, 1.807) is 19.3 Å². The Bertz CT molecular complexity index is 541. The number of primary amides is 1. The molecule has 0 aromatic carbocycles. The van der Waals surface area contributed by atoms with Crippen LogP contribution in [-0.2, 0) is 0 Å². The molecule has 4 N–H and O–H groups in total. The molecule has 0 saturated carbocycles. The van der Waals surface area contributed by atoms with Gasteiger partial charge in [-0.15, -0.1) is 11.3 Å². The van der Waals surface area contributed by atoms with Crippen molar-refractivity contribution in [2.45, 2.75) is 0 Å². The minimum Gasteiger partial charge on any atom is -0.366 e. The van der Waals surface area contributed by atoms with E-state index in [0.717, 1.165) is 10.2 Å². The van der Waals surface area contributed by atoms with Gasteiger partial charge in [-0.1, -0.05) is 0 Å². The summed E-state index contributed by atoms with van der Waals surface area (Å²) in [5, 5.41) is 2.52. The Morgan fingerprint density at radius 1 is 1.53 bits per heavy atom. The Labute approximate surface area is 89.3 Å². The van der Waals surface area contributed by atoms with Crippen LogP contribution in [0.2, 0.25) is 0 Å². The van der Waals surface area contributed by atoms with Crippen LogP contribution in [0.4, 0.5) is 0 Å². The third-order valence-electron chi connectivity index (χ3n) is 2.07. The Morgan fingerprint density at radius 2 is 2.27 bits per heavy atom. The fourth-order valence-electron chi connectivity index (χ4n) is 1.33. The van der Waals surface area contributed by atoms with Gasteiger partial charge in [-0.2, -0.15) is 0 Å². The van der Waals surface area contributed by atoms with Gasteiger partial charge in [-0.05, 0) is 6.07 Å². The molecule has 6 heteroatoms. The second kappa shape index (κ2) is 3.39. The van der Waals surface area contributed by atoms with Crippen LogP contribution >= 0.6 is 11.3 Å². The normalized spacial score (nSPS) is 10.5. The molecule has 0 atom stereocenters. The first-order valence-electron chi connectivity index (χ1n) is 4.26. The number of hydrogen-bond donors (Lipinski definition) is 3. The van der Waals surface area contributed by atoms with E-state index < -0.39 is 5.91 Å². The number of thiophene rings is 1. The number of nitrogens with one attached hydrogen (secondary N) is 2. The first-order chi connectivity index (χ1) is 7.13. The van der Waals surface area contributed by atoms with Crippen LogP contribution in [0.25, 0.3) is 10.2 Å². The molecule has 0 fully saturated rings. The van der Waals surface area contributed by atoms with Gasteiger partial charge in [-0.25, -0.2) is 0 Å². The van der Waals surface area contributed by atoms with Gasteiger partial charge in [-0.3, -0.25) is 9.59 Å². The fraction of sp³-hybridized carbons (Fsp3) is 0.111. The largest absolute Gasteiger partial charge is 0.366 e. The molecule has 0 aliphatic heterocycles. The molecule has 5 nitrogen and oxygen atoms in total. The van der Waals surface area contributed by atoms with E-state index in [0.29, 0.717) is 10.4 Å². The lowest BCUT2D eigenvalue weighted by atomic mass is 10.3. The summed E-state index contributed by atoms with van der Waals surface area (Å²) < 4.78 is 0.723. The summed E-state index contributed by atoms with van der Waals surface area (Å²) in [6.45, 7) is 0. The average molecular weight is 223 g/mol. The lowest BCUT2D eigenvalue weighted by molar-refractivity contribution is 0.0965. The van der Waals surface area contributed by atoms with E-state index in [1.165, 1.54) is 11.3 Å². The van der Waals surface area contributed by atoms with Gasteiger partial charge in [0, 0.05) is 13.2 Å². The zero-order valence-electron chi connectivity index (χ0n) is 7.96. The van der Waals surface area contributed by atoms with Crippen LogP contribution in [0.1, 0.15) is 20.0 Å². The standard InChI is InChI=1S/C9H9N3O2S/c1-11-9(14)6-2-5-7(15-6)4(3-12-5)8(10)13/h2-3,12H,1H3,(H2,10,13)(H,11,14). The molecule has 0 spiro atoms. The van der Waals surface area contributed by atoms with Gasteiger partial charge in [0.15, 0.2) is 0 Å². The molecule has 2 rings (SSSR count). The third kappa shape index (κ3) is 1.48. The second-order valence-corrected chi connectivity index (χ2v) is 4.05. The number of H-pyrrole nitrogens is 1.